The van der Waals surface area contributed by atoms with Crippen LogP contribution in [0, 0.1) is 5.92 Å². The molecule has 1 heterocycles. The number of alkyl halides is 1. The van der Waals surface area contributed by atoms with Crippen LogP contribution in [-0.2, 0) is 18.0 Å². The van der Waals surface area contributed by atoms with Crippen molar-refractivity contribution in [1.82, 2.24) is 10.6 Å². The maximum atomic E-state index is 12.3. The van der Waals surface area contributed by atoms with Crippen molar-refractivity contribution in [1.29, 1.82) is 0 Å². The standard InChI is InChI=1S/C22H25ClN2O/c23-13-17-3-1-5-19(11-17)21(26)24-14-16-6-8-20(9-7-16)22-10-2-4-18(12-22)15-25-22/h1,3,5-9,11,18,25H,2,4,10,12-15H2,(H,24,26). The van der Waals surface area contributed by atoms with Crippen LogP contribution in [0.15, 0.2) is 48.5 Å². The summed E-state index contributed by atoms with van der Waals surface area (Å²) in [6, 6.07) is 16.2. The third-order valence-electron chi connectivity index (χ3n) is 5.89. The first-order valence-electron chi connectivity index (χ1n) is 9.46. The Kier molecular flexibility index (Phi) is 5.01. The molecular weight excluding hydrogens is 344 g/mol. The van der Waals surface area contributed by atoms with Gasteiger partial charge in [-0.15, -0.1) is 11.6 Å². The number of rotatable bonds is 5. The van der Waals surface area contributed by atoms with Crippen molar-refractivity contribution in [3.05, 3.63) is 70.8 Å². The number of carbonyl (C=O) groups excluding carboxylic acids is 1. The van der Waals surface area contributed by atoms with Crippen molar-refractivity contribution in [3.63, 3.8) is 0 Å². The van der Waals surface area contributed by atoms with Gasteiger partial charge in [-0.25, -0.2) is 0 Å². The van der Waals surface area contributed by atoms with E-state index >= 15 is 0 Å². The first-order valence-corrected chi connectivity index (χ1v) is 9.99. The van der Waals surface area contributed by atoms with Crippen LogP contribution >= 0.6 is 11.6 Å². The molecule has 3 nitrogen and oxygen atoms in total. The summed E-state index contributed by atoms with van der Waals surface area (Å²) in [7, 11) is 0. The second-order valence-electron chi connectivity index (χ2n) is 7.64. The molecule has 2 bridgehead atoms. The lowest BCUT2D eigenvalue weighted by atomic mass is 9.76. The lowest BCUT2D eigenvalue weighted by molar-refractivity contribution is 0.0951. The maximum Gasteiger partial charge on any atom is 0.251 e. The number of nitrogens with one attached hydrogen (secondary N) is 2. The van der Waals surface area contributed by atoms with Crippen LogP contribution in [0.1, 0.15) is 52.7 Å². The summed E-state index contributed by atoms with van der Waals surface area (Å²) in [4.78, 5) is 12.3. The zero-order valence-corrected chi connectivity index (χ0v) is 15.7. The molecule has 2 N–H and O–H groups in total. The average Bonchev–Trinajstić information content (AvgIpc) is 3.01. The molecule has 1 aliphatic carbocycles. The van der Waals surface area contributed by atoms with Gasteiger partial charge in [0, 0.05) is 23.5 Å². The Balaban J connectivity index is 1.39. The van der Waals surface area contributed by atoms with E-state index in [0.29, 0.717) is 18.0 Å². The molecule has 0 aromatic heterocycles. The number of fused-ring (bicyclic) bond motifs is 2. The molecule has 2 aromatic carbocycles. The third kappa shape index (κ3) is 3.51. The van der Waals surface area contributed by atoms with Gasteiger partial charge in [0.1, 0.15) is 0 Å². The molecule has 2 unspecified atom stereocenters. The molecule has 26 heavy (non-hydrogen) atoms. The number of halogens is 1. The van der Waals surface area contributed by atoms with Crippen molar-refractivity contribution in [2.24, 2.45) is 5.92 Å². The second-order valence-corrected chi connectivity index (χ2v) is 7.91. The highest BCUT2D eigenvalue weighted by Crippen LogP contribution is 2.44. The third-order valence-corrected chi connectivity index (χ3v) is 6.19. The van der Waals surface area contributed by atoms with Gasteiger partial charge in [0.15, 0.2) is 0 Å². The molecular formula is C22H25ClN2O. The first kappa shape index (κ1) is 17.6. The Bertz CT molecular complexity index is 785. The van der Waals surface area contributed by atoms with Gasteiger partial charge in [0.2, 0.25) is 0 Å². The average molecular weight is 369 g/mol. The second kappa shape index (κ2) is 7.42. The van der Waals surface area contributed by atoms with Crippen LogP contribution in [0.2, 0.25) is 0 Å². The predicted octanol–water partition coefficient (Wildman–Crippen LogP) is 4.34. The predicted molar refractivity (Wildman–Crippen MR) is 105 cm³/mol. The number of hydrogen-bond donors (Lipinski definition) is 2. The monoisotopic (exact) mass is 368 g/mol. The first-order chi connectivity index (χ1) is 12.7. The van der Waals surface area contributed by atoms with Crippen molar-refractivity contribution in [2.45, 2.75) is 43.6 Å². The van der Waals surface area contributed by atoms with Gasteiger partial charge < -0.3 is 10.6 Å². The van der Waals surface area contributed by atoms with Crippen LogP contribution in [-0.4, -0.2) is 12.5 Å². The van der Waals surface area contributed by atoms with Crippen LogP contribution in [0.3, 0.4) is 0 Å². The van der Waals surface area contributed by atoms with Crippen molar-refractivity contribution in [2.75, 3.05) is 6.54 Å². The van der Waals surface area contributed by atoms with Crippen molar-refractivity contribution < 1.29 is 4.79 Å². The molecule has 4 rings (SSSR count). The van der Waals surface area contributed by atoms with Gasteiger partial charge in [0.25, 0.3) is 5.91 Å². The minimum atomic E-state index is -0.0628. The van der Waals surface area contributed by atoms with Crippen LogP contribution < -0.4 is 10.6 Å². The number of hydrogen-bond acceptors (Lipinski definition) is 2. The number of amides is 1. The molecule has 1 aliphatic heterocycles. The van der Waals surface area contributed by atoms with Crippen LogP contribution in [0.5, 0.6) is 0 Å². The highest BCUT2D eigenvalue weighted by molar-refractivity contribution is 6.17. The Labute approximate surface area is 160 Å². The fraction of sp³-hybridized carbons (Fsp3) is 0.409. The SMILES string of the molecule is O=C(NCc1ccc(C23CCCC(CN2)C3)cc1)c1cccc(CCl)c1. The summed E-state index contributed by atoms with van der Waals surface area (Å²) in [6.45, 7) is 1.69. The van der Waals surface area contributed by atoms with E-state index < -0.39 is 0 Å². The Morgan fingerprint density at radius 3 is 2.85 bits per heavy atom. The summed E-state index contributed by atoms with van der Waals surface area (Å²) in [5.41, 5.74) is 4.31. The molecule has 1 saturated heterocycles. The molecule has 0 radical (unpaired) electrons. The maximum absolute atomic E-state index is 12.3. The molecule has 136 valence electrons. The van der Waals surface area contributed by atoms with Gasteiger partial charge in [0.05, 0.1) is 0 Å². The molecule has 0 spiro atoms. The fourth-order valence-electron chi connectivity index (χ4n) is 4.45. The number of carbonyl (C=O) groups is 1. The fourth-order valence-corrected chi connectivity index (χ4v) is 4.62. The van der Waals surface area contributed by atoms with Crippen molar-refractivity contribution in [3.8, 4) is 0 Å². The Morgan fingerprint density at radius 1 is 1.19 bits per heavy atom. The van der Waals surface area contributed by atoms with E-state index in [2.05, 4.69) is 34.9 Å². The van der Waals surface area contributed by atoms with Gasteiger partial charge in [-0.3, -0.25) is 4.79 Å². The lowest BCUT2D eigenvalue weighted by Crippen LogP contribution is -2.37. The molecule has 2 aromatic rings. The zero-order chi connectivity index (χ0) is 18.0. The topological polar surface area (TPSA) is 41.1 Å². The van der Waals surface area contributed by atoms with Crippen LogP contribution in [0.4, 0.5) is 0 Å². The van der Waals surface area contributed by atoms with Crippen molar-refractivity contribution >= 4 is 17.5 Å². The smallest absolute Gasteiger partial charge is 0.251 e. The summed E-state index contributed by atoms with van der Waals surface area (Å²) in [5.74, 6) is 1.19. The highest BCUT2D eigenvalue weighted by Gasteiger charge is 2.42. The molecule has 4 heteroatoms. The lowest BCUT2D eigenvalue weighted by Gasteiger charge is -2.33. The molecule has 1 amide bonds. The van der Waals surface area contributed by atoms with Gasteiger partial charge in [-0.2, -0.15) is 0 Å². The van der Waals surface area contributed by atoms with Crippen LogP contribution in [0.25, 0.3) is 0 Å². The molecule has 2 atom stereocenters. The highest BCUT2D eigenvalue weighted by atomic mass is 35.5. The molecule has 2 aliphatic rings. The van der Waals surface area contributed by atoms with E-state index in [1.807, 2.05) is 24.3 Å². The minimum Gasteiger partial charge on any atom is -0.348 e. The quantitative estimate of drug-likeness (QED) is 0.770. The molecule has 1 saturated carbocycles. The van der Waals surface area contributed by atoms with Gasteiger partial charge in [-0.05, 0) is 60.5 Å². The van der Waals surface area contributed by atoms with E-state index in [1.54, 1.807) is 0 Å². The summed E-state index contributed by atoms with van der Waals surface area (Å²) < 4.78 is 0. The Morgan fingerprint density at radius 2 is 2.04 bits per heavy atom. The van der Waals surface area contributed by atoms with E-state index in [1.165, 1.54) is 31.2 Å². The zero-order valence-electron chi connectivity index (χ0n) is 14.9. The van der Waals surface area contributed by atoms with E-state index in [9.17, 15) is 4.79 Å². The largest absolute Gasteiger partial charge is 0.348 e. The Hall–Kier alpha value is -1.84. The van der Waals surface area contributed by atoms with E-state index in [0.717, 1.165) is 23.6 Å². The number of benzene rings is 2. The van der Waals surface area contributed by atoms with Gasteiger partial charge >= 0.3 is 0 Å². The molecule has 2 fully saturated rings. The normalized spacial score (nSPS) is 24.4. The summed E-state index contributed by atoms with van der Waals surface area (Å²) >= 11 is 5.84. The van der Waals surface area contributed by atoms with Gasteiger partial charge in [-0.1, -0.05) is 42.8 Å². The summed E-state index contributed by atoms with van der Waals surface area (Å²) in [6.07, 6.45) is 5.18. The van der Waals surface area contributed by atoms with E-state index in [4.69, 9.17) is 11.6 Å². The summed E-state index contributed by atoms with van der Waals surface area (Å²) in [5, 5.41) is 6.77. The van der Waals surface area contributed by atoms with E-state index in [-0.39, 0.29) is 11.4 Å². The minimum absolute atomic E-state index is 0.0628.